The molecule has 88 valence electrons. The Bertz CT molecular complexity index is 462. The van der Waals surface area contributed by atoms with Crippen molar-refractivity contribution in [2.45, 2.75) is 12.8 Å². The van der Waals surface area contributed by atoms with Gasteiger partial charge in [0.25, 0.3) is 0 Å². The van der Waals surface area contributed by atoms with Crippen molar-refractivity contribution in [2.24, 2.45) is 0 Å². The van der Waals surface area contributed by atoms with Crippen LogP contribution in [0.2, 0.25) is 0 Å². The van der Waals surface area contributed by atoms with E-state index < -0.39 is 0 Å². The van der Waals surface area contributed by atoms with Gasteiger partial charge in [0, 0.05) is 6.54 Å². The second-order valence-corrected chi connectivity index (χ2v) is 4.41. The summed E-state index contributed by atoms with van der Waals surface area (Å²) in [5, 5.41) is 3.24. The average Bonchev–Trinajstić information content (AvgIpc) is 2.40. The van der Waals surface area contributed by atoms with E-state index in [1.54, 1.807) is 0 Å². The average molecular weight is 225 g/mol. The highest BCUT2D eigenvalue weighted by atomic mass is 14.8. The number of likely N-dealkylation sites (N-methyl/N-ethyl adjacent to an activating group) is 1. The topological polar surface area (TPSA) is 12.0 Å². The summed E-state index contributed by atoms with van der Waals surface area (Å²) in [6, 6.07) is 19.2. The van der Waals surface area contributed by atoms with Crippen LogP contribution in [0.3, 0.4) is 0 Å². The fourth-order valence-corrected chi connectivity index (χ4v) is 2.22. The van der Waals surface area contributed by atoms with E-state index in [1.165, 1.54) is 16.7 Å². The standard InChI is InChI=1S/C16H19N/c1-13(12-17-2)15-10-6-7-11-16(15)14-8-4-3-5-9-14/h3-11,13,17H,12H2,1-2H3/t13-/m1/s1. The van der Waals surface area contributed by atoms with Crippen molar-refractivity contribution < 1.29 is 0 Å². The minimum atomic E-state index is 0.524. The van der Waals surface area contributed by atoms with Gasteiger partial charge in [-0.05, 0) is 29.7 Å². The van der Waals surface area contributed by atoms with Crippen LogP contribution in [0.5, 0.6) is 0 Å². The third kappa shape index (κ3) is 2.75. The molecule has 0 aliphatic heterocycles. The van der Waals surface area contributed by atoms with Gasteiger partial charge in [0.05, 0.1) is 0 Å². The molecule has 2 aromatic rings. The van der Waals surface area contributed by atoms with Crippen LogP contribution in [0.4, 0.5) is 0 Å². The van der Waals surface area contributed by atoms with Crippen molar-refractivity contribution in [1.29, 1.82) is 0 Å². The number of rotatable bonds is 4. The summed E-state index contributed by atoms with van der Waals surface area (Å²) in [4.78, 5) is 0. The summed E-state index contributed by atoms with van der Waals surface area (Å²) in [7, 11) is 2.00. The van der Waals surface area contributed by atoms with Gasteiger partial charge in [0.2, 0.25) is 0 Å². The minimum Gasteiger partial charge on any atom is -0.319 e. The zero-order chi connectivity index (χ0) is 12.1. The molecule has 2 aromatic carbocycles. The Kier molecular flexibility index (Phi) is 3.94. The Labute approximate surface area is 103 Å². The van der Waals surface area contributed by atoms with Crippen molar-refractivity contribution in [1.82, 2.24) is 5.32 Å². The summed E-state index contributed by atoms with van der Waals surface area (Å²) in [6.07, 6.45) is 0. The Morgan fingerprint density at radius 3 is 2.29 bits per heavy atom. The second-order valence-electron chi connectivity index (χ2n) is 4.41. The summed E-state index contributed by atoms with van der Waals surface area (Å²) >= 11 is 0. The van der Waals surface area contributed by atoms with E-state index in [0.717, 1.165) is 6.54 Å². The van der Waals surface area contributed by atoms with Crippen LogP contribution < -0.4 is 5.32 Å². The van der Waals surface area contributed by atoms with Crippen LogP contribution in [0.25, 0.3) is 11.1 Å². The van der Waals surface area contributed by atoms with Gasteiger partial charge in [-0.3, -0.25) is 0 Å². The number of hydrogen-bond donors (Lipinski definition) is 1. The fraction of sp³-hybridized carbons (Fsp3) is 0.250. The van der Waals surface area contributed by atoms with Gasteiger partial charge in [-0.2, -0.15) is 0 Å². The van der Waals surface area contributed by atoms with Gasteiger partial charge in [0.1, 0.15) is 0 Å². The SMILES string of the molecule is CNC[C@@H](C)c1ccccc1-c1ccccc1. The smallest absolute Gasteiger partial charge is 0.00147 e. The zero-order valence-electron chi connectivity index (χ0n) is 10.5. The first-order chi connectivity index (χ1) is 8.33. The lowest BCUT2D eigenvalue weighted by atomic mass is 9.91. The number of benzene rings is 2. The lowest BCUT2D eigenvalue weighted by molar-refractivity contribution is 0.679. The lowest BCUT2D eigenvalue weighted by Crippen LogP contribution is -2.15. The molecule has 1 N–H and O–H groups in total. The first-order valence-electron chi connectivity index (χ1n) is 6.12. The van der Waals surface area contributed by atoms with E-state index in [1.807, 2.05) is 7.05 Å². The summed E-state index contributed by atoms with van der Waals surface area (Å²) in [6.45, 7) is 3.27. The summed E-state index contributed by atoms with van der Waals surface area (Å²) in [5.74, 6) is 0.524. The number of hydrogen-bond acceptors (Lipinski definition) is 1. The molecular formula is C16H19N. The molecule has 0 aliphatic carbocycles. The van der Waals surface area contributed by atoms with Crippen molar-refractivity contribution in [3.63, 3.8) is 0 Å². The predicted molar refractivity (Wildman–Crippen MR) is 74.2 cm³/mol. The molecule has 0 radical (unpaired) electrons. The molecule has 0 saturated heterocycles. The van der Waals surface area contributed by atoms with Gasteiger partial charge in [0.15, 0.2) is 0 Å². The van der Waals surface area contributed by atoms with E-state index in [-0.39, 0.29) is 0 Å². The maximum Gasteiger partial charge on any atom is 0.00147 e. The Morgan fingerprint density at radius 1 is 0.941 bits per heavy atom. The maximum atomic E-state index is 3.24. The van der Waals surface area contributed by atoms with Crippen LogP contribution in [0, 0.1) is 0 Å². The third-order valence-electron chi connectivity index (χ3n) is 3.09. The molecule has 2 rings (SSSR count). The molecule has 1 heteroatoms. The molecule has 0 aliphatic rings. The van der Waals surface area contributed by atoms with Crippen LogP contribution >= 0.6 is 0 Å². The molecule has 0 saturated carbocycles. The molecule has 1 atom stereocenters. The minimum absolute atomic E-state index is 0.524. The van der Waals surface area contributed by atoms with E-state index in [0.29, 0.717) is 5.92 Å². The fourth-order valence-electron chi connectivity index (χ4n) is 2.22. The number of nitrogens with one attached hydrogen (secondary N) is 1. The molecule has 0 spiro atoms. The summed E-state index contributed by atoms with van der Waals surface area (Å²) < 4.78 is 0. The van der Waals surface area contributed by atoms with Crippen molar-refractivity contribution in [2.75, 3.05) is 13.6 Å². The van der Waals surface area contributed by atoms with Crippen molar-refractivity contribution in [3.8, 4) is 11.1 Å². The molecule has 0 bridgehead atoms. The first kappa shape index (κ1) is 11.9. The van der Waals surface area contributed by atoms with Gasteiger partial charge in [-0.1, -0.05) is 61.5 Å². The molecular weight excluding hydrogens is 206 g/mol. The van der Waals surface area contributed by atoms with Gasteiger partial charge in [-0.15, -0.1) is 0 Å². The van der Waals surface area contributed by atoms with Gasteiger partial charge in [-0.25, -0.2) is 0 Å². The van der Waals surface area contributed by atoms with Crippen molar-refractivity contribution in [3.05, 3.63) is 60.2 Å². The molecule has 17 heavy (non-hydrogen) atoms. The van der Waals surface area contributed by atoms with Crippen LogP contribution in [0.15, 0.2) is 54.6 Å². The Morgan fingerprint density at radius 2 is 1.59 bits per heavy atom. The van der Waals surface area contributed by atoms with E-state index in [9.17, 15) is 0 Å². The highest BCUT2D eigenvalue weighted by molar-refractivity contribution is 5.67. The molecule has 0 aromatic heterocycles. The molecule has 0 amide bonds. The van der Waals surface area contributed by atoms with E-state index >= 15 is 0 Å². The van der Waals surface area contributed by atoms with Crippen molar-refractivity contribution >= 4 is 0 Å². The zero-order valence-corrected chi connectivity index (χ0v) is 10.5. The summed E-state index contributed by atoms with van der Waals surface area (Å²) in [5.41, 5.74) is 4.05. The van der Waals surface area contributed by atoms with E-state index in [2.05, 4.69) is 66.8 Å². The van der Waals surface area contributed by atoms with Gasteiger partial charge >= 0.3 is 0 Å². The highest BCUT2D eigenvalue weighted by Gasteiger charge is 2.10. The Hall–Kier alpha value is -1.60. The monoisotopic (exact) mass is 225 g/mol. The second kappa shape index (κ2) is 5.65. The quantitative estimate of drug-likeness (QED) is 0.837. The predicted octanol–water partition coefficient (Wildman–Crippen LogP) is 3.68. The van der Waals surface area contributed by atoms with E-state index in [4.69, 9.17) is 0 Å². The highest BCUT2D eigenvalue weighted by Crippen LogP contribution is 2.28. The third-order valence-corrected chi connectivity index (χ3v) is 3.09. The molecule has 0 unspecified atom stereocenters. The normalized spacial score (nSPS) is 12.4. The van der Waals surface area contributed by atoms with Gasteiger partial charge < -0.3 is 5.32 Å². The lowest BCUT2D eigenvalue weighted by Gasteiger charge is -2.16. The molecule has 0 heterocycles. The maximum absolute atomic E-state index is 3.24. The molecule has 1 nitrogen and oxygen atoms in total. The Balaban J connectivity index is 2.41. The largest absolute Gasteiger partial charge is 0.319 e. The molecule has 0 fully saturated rings. The van der Waals surface area contributed by atoms with Crippen LogP contribution in [-0.4, -0.2) is 13.6 Å². The van der Waals surface area contributed by atoms with Crippen LogP contribution in [0.1, 0.15) is 18.4 Å². The first-order valence-corrected chi connectivity index (χ1v) is 6.12. The van der Waals surface area contributed by atoms with Crippen LogP contribution in [-0.2, 0) is 0 Å².